The first kappa shape index (κ1) is 16.1. The van der Waals surface area contributed by atoms with E-state index in [0.717, 1.165) is 5.56 Å². The number of hydrogen-bond acceptors (Lipinski definition) is 6. The summed E-state index contributed by atoms with van der Waals surface area (Å²) in [5, 5.41) is 25.5. The van der Waals surface area contributed by atoms with Crippen LogP contribution in [0.25, 0.3) is 5.57 Å². The van der Waals surface area contributed by atoms with Gasteiger partial charge in [0.15, 0.2) is 5.78 Å². The summed E-state index contributed by atoms with van der Waals surface area (Å²) in [6.07, 6.45) is 1.45. The second-order valence-corrected chi connectivity index (χ2v) is 5.29. The number of H-pyrrole nitrogens is 1. The lowest BCUT2D eigenvalue weighted by Crippen LogP contribution is -2.05. The molecule has 1 aromatic heterocycles. The Hall–Kier alpha value is -3.79. The van der Waals surface area contributed by atoms with Crippen molar-refractivity contribution < 1.29 is 4.79 Å². The van der Waals surface area contributed by atoms with E-state index in [-0.39, 0.29) is 17.2 Å². The van der Waals surface area contributed by atoms with Gasteiger partial charge in [0.25, 0.3) is 0 Å². The summed E-state index contributed by atoms with van der Waals surface area (Å²) in [7, 11) is 0. The number of benzene rings is 2. The summed E-state index contributed by atoms with van der Waals surface area (Å²) in [5.74, 6) is 0.0758. The van der Waals surface area contributed by atoms with Crippen LogP contribution in [0.15, 0.2) is 54.7 Å². The second kappa shape index (κ2) is 7.19. The summed E-state index contributed by atoms with van der Waals surface area (Å²) in [5.41, 5.74) is 2.98. The molecule has 0 amide bonds. The zero-order chi connectivity index (χ0) is 17.6. The zero-order valence-electron chi connectivity index (χ0n) is 13.4. The van der Waals surface area contributed by atoms with Gasteiger partial charge in [0.05, 0.1) is 0 Å². The fourth-order valence-electron chi connectivity index (χ4n) is 2.24. The molecule has 0 bridgehead atoms. The van der Waals surface area contributed by atoms with Crippen molar-refractivity contribution in [1.29, 1.82) is 5.26 Å². The molecule has 7 heteroatoms. The third-order valence-corrected chi connectivity index (χ3v) is 3.56. The van der Waals surface area contributed by atoms with Crippen LogP contribution >= 0.6 is 0 Å². The molecule has 0 aliphatic rings. The van der Waals surface area contributed by atoms with Crippen LogP contribution in [0.4, 0.5) is 5.69 Å². The lowest BCUT2D eigenvalue weighted by molar-refractivity contribution is 0.103. The Morgan fingerprint density at radius 1 is 1.20 bits per heavy atom. The number of para-hydroxylation sites is 1. The van der Waals surface area contributed by atoms with E-state index >= 15 is 0 Å². The quantitative estimate of drug-likeness (QED) is 0.550. The maximum absolute atomic E-state index is 12.8. The van der Waals surface area contributed by atoms with E-state index in [1.165, 1.54) is 6.20 Å². The number of nitriles is 1. The van der Waals surface area contributed by atoms with Crippen LogP contribution < -0.4 is 5.32 Å². The Morgan fingerprint density at radius 2 is 1.96 bits per heavy atom. The van der Waals surface area contributed by atoms with Crippen LogP contribution in [0.2, 0.25) is 0 Å². The number of ketones is 1. The summed E-state index contributed by atoms with van der Waals surface area (Å²) in [6, 6.07) is 16.5. The van der Waals surface area contributed by atoms with Crippen LogP contribution in [0.1, 0.15) is 27.3 Å². The number of nitrogens with one attached hydrogen (secondary N) is 2. The van der Waals surface area contributed by atoms with Gasteiger partial charge in [0, 0.05) is 23.0 Å². The molecule has 2 aromatic carbocycles. The molecular weight excluding hydrogens is 316 g/mol. The number of aromatic nitrogens is 4. The van der Waals surface area contributed by atoms with Gasteiger partial charge < -0.3 is 5.32 Å². The van der Waals surface area contributed by atoms with Gasteiger partial charge in [-0.2, -0.15) is 10.5 Å². The molecule has 1 heterocycles. The molecule has 2 N–H and O–H groups in total. The smallest absolute Gasteiger partial charge is 0.216 e. The van der Waals surface area contributed by atoms with Gasteiger partial charge in [0.1, 0.15) is 11.6 Å². The zero-order valence-corrected chi connectivity index (χ0v) is 13.4. The molecule has 0 aliphatic heterocycles. The van der Waals surface area contributed by atoms with Gasteiger partial charge in [-0.25, -0.2) is 0 Å². The van der Waals surface area contributed by atoms with Gasteiger partial charge in [-0.3, -0.25) is 4.79 Å². The van der Waals surface area contributed by atoms with Crippen molar-refractivity contribution in [3.63, 3.8) is 0 Å². The van der Waals surface area contributed by atoms with Crippen LogP contribution in [0, 0.1) is 18.3 Å². The van der Waals surface area contributed by atoms with Gasteiger partial charge in [0.2, 0.25) is 5.82 Å². The second-order valence-electron chi connectivity index (χ2n) is 5.29. The molecule has 0 saturated heterocycles. The first-order chi connectivity index (χ1) is 12.2. The number of hydrogen-bond donors (Lipinski definition) is 2. The Labute approximate surface area is 144 Å². The van der Waals surface area contributed by atoms with E-state index in [4.69, 9.17) is 0 Å². The standard InChI is InChI=1S/C18H14N6O/c1-12-6-8-13(9-7-12)17(25)15-4-2-3-5-16(15)20-11-14(10-19)18-21-23-24-22-18/h2-9,11,20H,1H3,(H,21,22,23,24). The minimum atomic E-state index is -0.102. The molecule has 0 fully saturated rings. The summed E-state index contributed by atoms with van der Waals surface area (Å²) < 4.78 is 0. The topological polar surface area (TPSA) is 107 Å². The molecule has 0 spiro atoms. The predicted octanol–water partition coefficient (Wildman–Crippen LogP) is 2.72. The Bertz CT molecular complexity index is 952. The van der Waals surface area contributed by atoms with Crippen molar-refractivity contribution in [3.8, 4) is 6.07 Å². The molecule has 0 radical (unpaired) electrons. The lowest BCUT2D eigenvalue weighted by atomic mass is 10.0. The number of allylic oxidation sites excluding steroid dienone is 1. The summed E-state index contributed by atoms with van der Waals surface area (Å²) >= 11 is 0. The van der Waals surface area contributed by atoms with E-state index in [0.29, 0.717) is 16.8 Å². The molecule has 122 valence electrons. The van der Waals surface area contributed by atoms with Crippen molar-refractivity contribution in [1.82, 2.24) is 20.6 Å². The first-order valence-electron chi connectivity index (χ1n) is 7.50. The molecule has 7 nitrogen and oxygen atoms in total. The van der Waals surface area contributed by atoms with E-state index in [2.05, 4.69) is 25.9 Å². The van der Waals surface area contributed by atoms with Gasteiger partial charge in [-0.15, -0.1) is 10.2 Å². The number of tetrazole rings is 1. The summed E-state index contributed by atoms with van der Waals surface area (Å²) in [6.45, 7) is 1.97. The Kier molecular flexibility index (Phi) is 4.62. The fourth-order valence-corrected chi connectivity index (χ4v) is 2.24. The molecule has 25 heavy (non-hydrogen) atoms. The summed E-state index contributed by atoms with van der Waals surface area (Å²) in [4.78, 5) is 12.8. The maximum atomic E-state index is 12.8. The number of anilines is 1. The third kappa shape index (κ3) is 3.59. The molecule has 0 aliphatic carbocycles. The SMILES string of the molecule is Cc1ccc(C(=O)c2ccccc2NC=C(C#N)c2nn[nH]n2)cc1. The van der Waals surface area contributed by atoms with Crippen molar-refractivity contribution in [3.05, 3.63) is 77.2 Å². The number of aromatic amines is 1. The number of aryl methyl sites for hydroxylation is 1. The minimum Gasteiger partial charge on any atom is -0.360 e. The number of nitrogens with zero attached hydrogens (tertiary/aromatic N) is 4. The highest BCUT2D eigenvalue weighted by atomic mass is 16.1. The van der Waals surface area contributed by atoms with Crippen molar-refractivity contribution >= 4 is 17.0 Å². The Balaban J connectivity index is 1.90. The van der Waals surface area contributed by atoms with Crippen molar-refractivity contribution in [2.45, 2.75) is 6.92 Å². The minimum absolute atomic E-state index is 0.102. The normalized spacial score (nSPS) is 11.0. The first-order valence-corrected chi connectivity index (χ1v) is 7.50. The van der Waals surface area contributed by atoms with Crippen LogP contribution in [0.3, 0.4) is 0 Å². The van der Waals surface area contributed by atoms with Crippen molar-refractivity contribution in [2.24, 2.45) is 0 Å². The van der Waals surface area contributed by atoms with Crippen LogP contribution in [0.5, 0.6) is 0 Å². The Morgan fingerprint density at radius 3 is 2.64 bits per heavy atom. The predicted molar refractivity (Wildman–Crippen MR) is 92.4 cm³/mol. The van der Waals surface area contributed by atoms with E-state index in [1.807, 2.05) is 31.2 Å². The highest BCUT2D eigenvalue weighted by Gasteiger charge is 2.13. The molecule has 0 atom stereocenters. The molecule has 0 saturated carbocycles. The average molecular weight is 330 g/mol. The largest absolute Gasteiger partial charge is 0.360 e. The molecular formula is C18H14N6O. The fraction of sp³-hybridized carbons (Fsp3) is 0.0556. The van der Waals surface area contributed by atoms with Crippen molar-refractivity contribution in [2.75, 3.05) is 5.32 Å². The van der Waals surface area contributed by atoms with Gasteiger partial charge in [-0.05, 0) is 24.3 Å². The highest BCUT2D eigenvalue weighted by Crippen LogP contribution is 2.20. The highest BCUT2D eigenvalue weighted by molar-refractivity contribution is 6.12. The number of carbonyl (C=O) groups excluding carboxylic acids is 1. The van der Waals surface area contributed by atoms with E-state index < -0.39 is 0 Å². The average Bonchev–Trinajstić information content (AvgIpc) is 3.17. The number of carbonyl (C=O) groups is 1. The lowest BCUT2D eigenvalue weighted by Gasteiger charge is -2.09. The maximum Gasteiger partial charge on any atom is 0.216 e. The third-order valence-electron chi connectivity index (χ3n) is 3.56. The molecule has 3 rings (SSSR count). The van der Waals surface area contributed by atoms with E-state index in [1.54, 1.807) is 30.3 Å². The van der Waals surface area contributed by atoms with Crippen LogP contribution in [-0.2, 0) is 0 Å². The van der Waals surface area contributed by atoms with Crippen LogP contribution in [-0.4, -0.2) is 26.4 Å². The van der Waals surface area contributed by atoms with Gasteiger partial charge >= 0.3 is 0 Å². The van der Waals surface area contributed by atoms with E-state index in [9.17, 15) is 10.1 Å². The molecule has 0 unspecified atom stereocenters. The monoisotopic (exact) mass is 330 g/mol. The molecule has 3 aromatic rings. The number of rotatable bonds is 5. The van der Waals surface area contributed by atoms with Gasteiger partial charge in [-0.1, -0.05) is 42.0 Å².